The van der Waals surface area contributed by atoms with Gasteiger partial charge in [-0.25, -0.2) is 0 Å². The summed E-state index contributed by atoms with van der Waals surface area (Å²) in [6.45, 7) is 5.60. The molecule has 2 rings (SSSR count). The summed E-state index contributed by atoms with van der Waals surface area (Å²) in [5.74, 6) is 0.378. The van der Waals surface area contributed by atoms with Crippen molar-refractivity contribution >= 4 is 11.3 Å². The van der Waals surface area contributed by atoms with E-state index in [9.17, 15) is 5.11 Å². The average molecular weight is 293 g/mol. The Morgan fingerprint density at radius 3 is 2.85 bits per heavy atom. The molecule has 1 atom stereocenters. The van der Waals surface area contributed by atoms with E-state index in [1.165, 1.54) is 4.88 Å². The smallest absolute Gasteiger partial charge is 0.0794 e. The Balaban J connectivity index is 1.88. The second kappa shape index (κ2) is 7.57. The Bertz CT molecular complexity index is 491. The maximum atomic E-state index is 10.1. The van der Waals surface area contributed by atoms with Crippen molar-refractivity contribution in [1.29, 1.82) is 0 Å². The van der Waals surface area contributed by atoms with Crippen molar-refractivity contribution in [3.8, 4) is 10.6 Å². The van der Waals surface area contributed by atoms with Crippen molar-refractivity contribution in [2.45, 2.75) is 39.3 Å². The van der Waals surface area contributed by atoms with Crippen molar-refractivity contribution in [3.05, 3.63) is 29.3 Å². The molecule has 2 aromatic heterocycles. The molecule has 0 aliphatic carbocycles. The molecule has 0 fully saturated rings. The molecule has 3 N–H and O–H groups in total. The topological polar surface area (TPSA) is 60.9 Å². The minimum Gasteiger partial charge on any atom is -0.392 e. The molecule has 20 heavy (non-hydrogen) atoms. The molecule has 0 spiro atoms. The van der Waals surface area contributed by atoms with Gasteiger partial charge in [0, 0.05) is 18.7 Å². The second-order valence-electron chi connectivity index (χ2n) is 5.02. The Morgan fingerprint density at radius 1 is 1.40 bits per heavy atom. The van der Waals surface area contributed by atoms with Crippen molar-refractivity contribution in [3.63, 3.8) is 0 Å². The van der Waals surface area contributed by atoms with Crippen molar-refractivity contribution in [2.24, 2.45) is 5.92 Å². The van der Waals surface area contributed by atoms with Gasteiger partial charge in [-0.05, 0) is 17.4 Å². The minimum absolute atomic E-state index is 0.276. The summed E-state index contributed by atoms with van der Waals surface area (Å²) < 4.78 is 0. The number of aliphatic hydroxyl groups is 1. The van der Waals surface area contributed by atoms with Gasteiger partial charge in [0.2, 0.25) is 0 Å². The predicted molar refractivity (Wildman–Crippen MR) is 83.7 cm³/mol. The van der Waals surface area contributed by atoms with Crippen LogP contribution < -0.4 is 5.32 Å². The Labute approximate surface area is 124 Å². The molecule has 1 unspecified atom stereocenters. The van der Waals surface area contributed by atoms with E-state index in [1.807, 2.05) is 12.3 Å². The molecule has 0 aliphatic heterocycles. The van der Waals surface area contributed by atoms with Crippen LogP contribution in [-0.2, 0) is 6.54 Å². The molecule has 110 valence electrons. The van der Waals surface area contributed by atoms with Gasteiger partial charge >= 0.3 is 0 Å². The molecule has 0 amide bonds. The zero-order valence-electron chi connectivity index (χ0n) is 12.1. The number of rotatable bonds is 8. The quantitative estimate of drug-likeness (QED) is 0.701. The molecular formula is C15H23N3OS. The molecule has 4 nitrogen and oxygen atoms in total. The summed E-state index contributed by atoms with van der Waals surface area (Å²) in [4.78, 5) is 1.19. The summed E-state index contributed by atoms with van der Waals surface area (Å²) >= 11 is 1.70. The van der Waals surface area contributed by atoms with Crippen LogP contribution in [0.5, 0.6) is 0 Å². The van der Waals surface area contributed by atoms with Gasteiger partial charge in [0.1, 0.15) is 0 Å². The van der Waals surface area contributed by atoms with Crippen LogP contribution in [0.2, 0.25) is 0 Å². The molecule has 0 saturated heterocycles. The summed E-state index contributed by atoms with van der Waals surface area (Å²) in [6.07, 6.45) is 3.62. The zero-order valence-corrected chi connectivity index (χ0v) is 12.9. The number of aromatic nitrogens is 2. The third kappa shape index (κ3) is 3.69. The van der Waals surface area contributed by atoms with Crippen LogP contribution in [0.15, 0.2) is 23.7 Å². The highest BCUT2D eigenvalue weighted by atomic mass is 32.1. The fraction of sp³-hybridized carbons (Fsp3) is 0.533. The number of nitrogens with zero attached hydrogens (tertiary/aromatic N) is 1. The molecule has 0 radical (unpaired) electrons. The SMILES string of the molecule is CCC(CC)C(O)CNCc1cn[nH]c1-c1cccs1. The maximum absolute atomic E-state index is 10.1. The number of hydrogen-bond acceptors (Lipinski definition) is 4. The molecule has 2 aromatic rings. The Morgan fingerprint density at radius 2 is 2.20 bits per heavy atom. The maximum Gasteiger partial charge on any atom is 0.0794 e. The Hall–Kier alpha value is -1.17. The third-order valence-corrected chi connectivity index (χ3v) is 4.63. The first-order chi connectivity index (χ1) is 9.76. The third-order valence-electron chi connectivity index (χ3n) is 3.75. The summed E-state index contributed by atoms with van der Waals surface area (Å²) in [5.41, 5.74) is 2.22. The molecule has 2 heterocycles. The van der Waals surface area contributed by atoms with E-state index in [-0.39, 0.29) is 6.10 Å². The number of thiophene rings is 1. The predicted octanol–water partition coefficient (Wildman–Crippen LogP) is 3.02. The van der Waals surface area contributed by atoms with Crippen molar-refractivity contribution in [1.82, 2.24) is 15.5 Å². The van der Waals surface area contributed by atoms with Gasteiger partial charge in [0.15, 0.2) is 0 Å². The van der Waals surface area contributed by atoms with Crippen LogP contribution in [-0.4, -0.2) is 28.0 Å². The van der Waals surface area contributed by atoms with Gasteiger partial charge in [-0.15, -0.1) is 11.3 Å². The monoisotopic (exact) mass is 293 g/mol. The van der Waals surface area contributed by atoms with Crippen LogP contribution in [0, 0.1) is 5.92 Å². The molecule has 0 aromatic carbocycles. The molecule has 0 saturated carbocycles. The highest BCUT2D eigenvalue weighted by molar-refractivity contribution is 7.13. The van der Waals surface area contributed by atoms with Crippen LogP contribution >= 0.6 is 11.3 Å². The molecule has 5 heteroatoms. The van der Waals surface area contributed by atoms with E-state index < -0.39 is 0 Å². The van der Waals surface area contributed by atoms with Crippen LogP contribution in [0.3, 0.4) is 0 Å². The van der Waals surface area contributed by atoms with E-state index in [2.05, 4.69) is 40.8 Å². The lowest BCUT2D eigenvalue weighted by atomic mass is 9.96. The molecule has 0 bridgehead atoms. The number of H-pyrrole nitrogens is 1. The first-order valence-electron chi connectivity index (χ1n) is 7.21. The lowest BCUT2D eigenvalue weighted by Crippen LogP contribution is -2.32. The van der Waals surface area contributed by atoms with Crippen LogP contribution in [0.25, 0.3) is 10.6 Å². The van der Waals surface area contributed by atoms with Crippen LogP contribution in [0.1, 0.15) is 32.3 Å². The lowest BCUT2D eigenvalue weighted by Gasteiger charge is -2.20. The van der Waals surface area contributed by atoms with Gasteiger partial charge in [-0.2, -0.15) is 5.10 Å². The van der Waals surface area contributed by atoms with E-state index in [0.717, 1.165) is 30.6 Å². The van der Waals surface area contributed by atoms with Crippen LogP contribution in [0.4, 0.5) is 0 Å². The summed E-state index contributed by atoms with van der Waals surface area (Å²) in [5, 5.41) is 22.7. The average Bonchev–Trinajstić information content (AvgIpc) is 3.10. The van der Waals surface area contributed by atoms with Gasteiger partial charge in [0.25, 0.3) is 0 Å². The van der Waals surface area contributed by atoms with Gasteiger partial charge in [-0.1, -0.05) is 32.8 Å². The Kier molecular flexibility index (Phi) is 5.76. The summed E-state index contributed by atoms with van der Waals surface area (Å²) in [7, 11) is 0. The zero-order chi connectivity index (χ0) is 14.4. The normalized spacial score (nSPS) is 13.0. The number of aliphatic hydroxyl groups excluding tert-OH is 1. The first kappa shape index (κ1) is 15.2. The van der Waals surface area contributed by atoms with Gasteiger partial charge in [-0.3, -0.25) is 5.10 Å². The van der Waals surface area contributed by atoms with E-state index in [4.69, 9.17) is 0 Å². The van der Waals surface area contributed by atoms with E-state index in [1.54, 1.807) is 11.3 Å². The minimum atomic E-state index is -0.276. The van der Waals surface area contributed by atoms with Crippen molar-refractivity contribution < 1.29 is 5.11 Å². The van der Waals surface area contributed by atoms with E-state index >= 15 is 0 Å². The summed E-state index contributed by atoms with van der Waals surface area (Å²) in [6, 6.07) is 4.12. The number of nitrogens with one attached hydrogen (secondary N) is 2. The van der Waals surface area contributed by atoms with Gasteiger partial charge < -0.3 is 10.4 Å². The first-order valence-corrected chi connectivity index (χ1v) is 8.09. The standard InChI is InChI=1S/C15H23N3OS/c1-3-11(4-2)13(19)10-16-8-12-9-17-18-15(12)14-6-5-7-20-14/h5-7,9,11,13,16,19H,3-4,8,10H2,1-2H3,(H,17,18). The van der Waals surface area contributed by atoms with Crippen molar-refractivity contribution in [2.75, 3.05) is 6.54 Å². The fourth-order valence-corrected chi connectivity index (χ4v) is 3.19. The number of hydrogen-bond donors (Lipinski definition) is 3. The van der Waals surface area contributed by atoms with Gasteiger partial charge in [0.05, 0.1) is 22.9 Å². The lowest BCUT2D eigenvalue weighted by molar-refractivity contribution is 0.101. The molecule has 0 aliphatic rings. The molecular weight excluding hydrogens is 270 g/mol. The number of aromatic amines is 1. The second-order valence-corrected chi connectivity index (χ2v) is 5.97. The highest BCUT2D eigenvalue weighted by Gasteiger charge is 2.15. The van der Waals surface area contributed by atoms with E-state index in [0.29, 0.717) is 12.5 Å². The fourth-order valence-electron chi connectivity index (χ4n) is 2.43. The highest BCUT2D eigenvalue weighted by Crippen LogP contribution is 2.25. The largest absolute Gasteiger partial charge is 0.392 e.